The summed E-state index contributed by atoms with van der Waals surface area (Å²) in [5.74, 6) is 1.30. The first kappa shape index (κ1) is 22.1. The van der Waals surface area contributed by atoms with Crippen LogP contribution in [-0.4, -0.2) is 64.0 Å². The van der Waals surface area contributed by atoms with E-state index in [1.165, 1.54) is 23.1 Å². The maximum absolute atomic E-state index is 13.4. The van der Waals surface area contributed by atoms with E-state index in [9.17, 15) is 9.59 Å². The lowest BCUT2D eigenvalue weighted by molar-refractivity contribution is -0.113. The minimum atomic E-state index is -0.185. The second kappa shape index (κ2) is 9.66. The Bertz CT molecular complexity index is 1150. The Hall–Kier alpha value is -2.69. The minimum Gasteiger partial charge on any atom is -0.378 e. The molecule has 2 fully saturated rings. The Kier molecular flexibility index (Phi) is 6.48. The number of morpholine rings is 1. The number of hydrogen-bond acceptors (Lipinski definition) is 7. The molecule has 172 valence electrons. The van der Waals surface area contributed by atoms with Crippen molar-refractivity contribution in [2.45, 2.75) is 30.8 Å². The normalized spacial score (nSPS) is 16.1. The second-order valence-corrected chi connectivity index (χ2v) is 10.1. The van der Waals surface area contributed by atoms with Gasteiger partial charge in [-0.25, -0.2) is 4.98 Å². The van der Waals surface area contributed by atoms with Crippen LogP contribution in [0.15, 0.2) is 35.5 Å². The summed E-state index contributed by atoms with van der Waals surface area (Å²) in [5, 5.41) is 11.3. The highest BCUT2D eigenvalue weighted by Crippen LogP contribution is 2.41. The van der Waals surface area contributed by atoms with Gasteiger partial charge in [-0.3, -0.25) is 14.7 Å². The summed E-state index contributed by atoms with van der Waals surface area (Å²) < 4.78 is 5.40. The molecule has 2 aliphatic rings. The van der Waals surface area contributed by atoms with Crippen LogP contribution in [0.4, 0.5) is 5.00 Å². The molecule has 1 aromatic carbocycles. The molecule has 1 saturated heterocycles. The Morgan fingerprint density at radius 2 is 2.00 bits per heavy atom. The topological polar surface area (TPSA) is 100 Å². The number of rotatable bonds is 7. The Balaban J connectivity index is 1.36. The number of carbonyl (C=O) groups is 2. The monoisotopic (exact) mass is 483 g/mol. The van der Waals surface area contributed by atoms with Crippen molar-refractivity contribution < 1.29 is 14.3 Å². The number of thioether (sulfide) groups is 1. The quantitative estimate of drug-likeness (QED) is 0.494. The van der Waals surface area contributed by atoms with Gasteiger partial charge in [0.25, 0.3) is 5.91 Å². The molecular formula is C23H25N5O3S2. The standard InChI is InChI=1S/C23H25N5O3S2/c1-14-18(22(30)28-9-11-31-12-10-28)21(33-19(14)15-5-3-2-4-6-15)24-17(29)13-32-23-25-20(26-27-23)16-7-8-16/h2-6,16H,7-13H2,1H3,(H,24,29)(H,25,26,27). The van der Waals surface area contributed by atoms with E-state index in [1.54, 1.807) is 4.90 Å². The third-order valence-corrected chi connectivity index (χ3v) is 7.83. The first-order chi connectivity index (χ1) is 16.1. The number of aromatic nitrogens is 3. The van der Waals surface area contributed by atoms with Gasteiger partial charge in [-0.1, -0.05) is 42.1 Å². The van der Waals surface area contributed by atoms with Crippen LogP contribution in [0.5, 0.6) is 0 Å². The van der Waals surface area contributed by atoms with Gasteiger partial charge >= 0.3 is 0 Å². The number of nitrogens with one attached hydrogen (secondary N) is 2. The molecule has 8 nitrogen and oxygen atoms in total. The largest absolute Gasteiger partial charge is 0.378 e. The lowest BCUT2D eigenvalue weighted by atomic mass is 10.1. The van der Waals surface area contributed by atoms with Gasteiger partial charge in [0.1, 0.15) is 10.8 Å². The molecule has 0 spiro atoms. The molecule has 0 atom stereocenters. The molecular weight excluding hydrogens is 458 g/mol. The summed E-state index contributed by atoms with van der Waals surface area (Å²) in [6, 6.07) is 9.94. The van der Waals surface area contributed by atoms with Gasteiger partial charge in [0.05, 0.1) is 24.5 Å². The molecule has 5 rings (SSSR count). The van der Waals surface area contributed by atoms with E-state index < -0.39 is 0 Å². The lowest BCUT2D eigenvalue weighted by Crippen LogP contribution is -2.41. The zero-order valence-corrected chi connectivity index (χ0v) is 19.9. The fourth-order valence-corrected chi connectivity index (χ4v) is 5.63. The summed E-state index contributed by atoms with van der Waals surface area (Å²) in [5.41, 5.74) is 2.47. The van der Waals surface area contributed by atoms with E-state index in [0.29, 0.717) is 47.9 Å². The average Bonchev–Trinajstić information content (AvgIpc) is 3.50. The van der Waals surface area contributed by atoms with Gasteiger partial charge in [-0.15, -0.1) is 16.4 Å². The molecule has 10 heteroatoms. The Labute approximate surface area is 200 Å². The van der Waals surface area contributed by atoms with Crippen LogP contribution >= 0.6 is 23.1 Å². The molecule has 2 aromatic heterocycles. The van der Waals surface area contributed by atoms with Crippen LogP contribution in [0.25, 0.3) is 10.4 Å². The number of anilines is 1. The fourth-order valence-electron chi connectivity index (χ4n) is 3.80. The molecule has 0 radical (unpaired) electrons. The highest BCUT2D eigenvalue weighted by molar-refractivity contribution is 7.99. The maximum atomic E-state index is 13.4. The van der Waals surface area contributed by atoms with E-state index >= 15 is 0 Å². The van der Waals surface area contributed by atoms with Gasteiger partial charge in [-0.05, 0) is 30.9 Å². The number of thiophene rings is 1. The van der Waals surface area contributed by atoms with Gasteiger partial charge in [0, 0.05) is 23.9 Å². The molecule has 0 bridgehead atoms. The van der Waals surface area contributed by atoms with Crippen molar-refractivity contribution in [2.24, 2.45) is 0 Å². The SMILES string of the molecule is Cc1c(-c2ccccc2)sc(NC(=O)CSc2n[nH]c(C3CC3)n2)c1C(=O)N1CCOCC1. The van der Waals surface area contributed by atoms with E-state index in [0.717, 1.165) is 34.7 Å². The molecule has 1 aliphatic carbocycles. The smallest absolute Gasteiger partial charge is 0.257 e. The second-order valence-electron chi connectivity index (χ2n) is 8.15. The van der Waals surface area contributed by atoms with Gasteiger partial charge in [0.2, 0.25) is 11.1 Å². The summed E-state index contributed by atoms with van der Waals surface area (Å²) in [7, 11) is 0. The number of hydrogen-bond donors (Lipinski definition) is 2. The Morgan fingerprint density at radius 1 is 1.24 bits per heavy atom. The zero-order valence-electron chi connectivity index (χ0n) is 18.3. The van der Waals surface area contributed by atoms with E-state index in [-0.39, 0.29) is 17.6 Å². The predicted octanol–water partition coefficient (Wildman–Crippen LogP) is 3.92. The number of aromatic amines is 1. The van der Waals surface area contributed by atoms with E-state index in [4.69, 9.17) is 4.74 Å². The Morgan fingerprint density at radius 3 is 2.73 bits per heavy atom. The van der Waals surface area contributed by atoms with Crippen molar-refractivity contribution in [3.63, 3.8) is 0 Å². The van der Waals surface area contributed by atoms with Crippen molar-refractivity contribution in [2.75, 3.05) is 37.4 Å². The first-order valence-corrected chi connectivity index (χ1v) is 12.8. The van der Waals surface area contributed by atoms with Crippen molar-refractivity contribution >= 4 is 39.9 Å². The van der Waals surface area contributed by atoms with E-state index in [1.807, 2.05) is 37.3 Å². The van der Waals surface area contributed by atoms with Crippen molar-refractivity contribution in [1.82, 2.24) is 20.1 Å². The molecule has 3 heterocycles. The third kappa shape index (κ3) is 4.97. The van der Waals surface area contributed by atoms with Gasteiger partial charge < -0.3 is 15.0 Å². The molecule has 33 heavy (non-hydrogen) atoms. The van der Waals surface area contributed by atoms with Crippen molar-refractivity contribution in [3.8, 4) is 10.4 Å². The molecule has 0 unspecified atom stereocenters. The number of benzene rings is 1. The lowest BCUT2D eigenvalue weighted by Gasteiger charge is -2.27. The molecule has 2 amide bonds. The number of ether oxygens (including phenoxy) is 1. The van der Waals surface area contributed by atoms with E-state index in [2.05, 4.69) is 20.5 Å². The van der Waals surface area contributed by atoms with Crippen LogP contribution in [0.3, 0.4) is 0 Å². The van der Waals surface area contributed by atoms with Crippen LogP contribution < -0.4 is 5.32 Å². The number of amides is 2. The molecule has 1 aliphatic heterocycles. The first-order valence-electron chi connectivity index (χ1n) is 11.0. The summed E-state index contributed by atoms with van der Waals surface area (Å²) >= 11 is 2.73. The van der Waals surface area contributed by atoms with Crippen LogP contribution in [0.2, 0.25) is 0 Å². The summed E-state index contributed by atoms with van der Waals surface area (Å²) in [6.45, 7) is 4.10. The fraction of sp³-hybridized carbons (Fsp3) is 0.391. The number of nitrogens with zero attached hydrogens (tertiary/aromatic N) is 3. The van der Waals surface area contributed by atoms with Crippen LogP contribution in [-0.2, 0) is 9.53 Å². The predicted molar refractivity (Wildman–Crippen MR) is 129 cm³/mol. The van der Waals surface area contributed by atoms with Gasteiger partial charge in [0.15, 0.2) is 0 Å². The number of H-pyrrole nitrogens is 1. The van der Waals surface area contributed by atoms with Crippen LogP contribution in [0.1, 0.15) is 40.5 Å². The average molecular weight is 484 g/mol. The van der Waals surface area contributed by atoms with Crippen molar-refractivity contribution in [1.29, 1.82) is 0 Å². The van der Waals surface area contributed by atoms with Crippen LogP contribution in [0, 0.1) is 6.92 Å². The third-order valence-electron chi connectivity index (χ3n) is 5.73. The molecule has 1 saturated carbocycles. The highest BCUT2D eigenvalue weighted by atomic mass is 32.2. The summed E-state index contributed by atoms with van der Waals surface area (Å²) in [4.78, 5) is 33.5. The summed E-state index contributed by atoms with van der Waals surface area (Å²) in [6.07, 6.45) is 2.28. The maximum Gasteiger partial charge on any atom is 0.257 e. The highest BCUT2D eigenvalue weighted by Gasteiger charge is 2.29. The number of carbonyl (C=O) groups excluding carboxylic acids is 2. The molecule has 2 N–H and O–H groups in total. The van der Waals surface area contributed by atoms with Gasteiger partial charge in [-0.2, -0.15) is 0 Å². The minimum absolute atomic E-state index is 0.0692. The molecule has 3 aromatic rings. The zero-order chi connectivity index (χ0) is 22.8. The van der Waals surface area contributed by atoms with Crippen molar-refractivity contribution in [3.05, 3.63) is 47.3 Å².